The summed E-state index contributed by atoms with van der Waals surface area (Å²) >= 11 is 6.23. The van der Waals surface area contributed by atoms with E-state index in [4.69, 9.17) is 11.6 Å². The van der Waals surface area contributed by atoms with Crippen molar-refractivity contribution < 1.29 is 14.4 Å². The number of halogens is 1. The summed E-state index contributed by atoms with van der Waals surface area (Å²) in [6.07, 6.45) is 0.909. The van der Waals surface area contributed by atoms with E-state index in [-0.39, 0.29) is 17.9 Å². The molecule has 6 heteroatoms. The lowest BCUT2D eigenvalue weighted by Crippen LogP contribution is -2.47. The predicted octanol–water partition coefficient (Wildman–Crippen LogP) is 3.26. The number of fused-ring (bicyclic) bond motifs is 3. The SMILES string of the molecule is CCCC(=O)N(C)N1C(=O)c2cc(Cl)c3ccccc3c2C1=O. The Bertz CT molecular complexity index is 847. The first-order chi connectivity index (χ1) is 11.0. The highest BCUT2D eigenvalue weighted by atomic mass is 35.5. The van der Waals surface area contributed by atoms with Gasteiger partial charge >= 0.3 is 0 Å². The Balaban J connectivity index is 2.14. The highest BCUT2D eigenvalue weighted by Gasteiger charge is 2.41. The lowest BCUT2D eigenvalue weighted by atomic mass is 10.0. The van der Waals surface area contributed by atoms with Crippen LogP contribution in [0.3, 0.4) is 0 Å². The maximum absolute atomic E-state index is 12.8. The van der Waals surface area contributed by atoms with E-state index in [1.807, 2.05) is 13.0 Å². The summed E-state index contributed by atoms with van der Waals surface area (Å²) in [6.45, 7) is 1.86. The van der Waals surface area contributed by atoms with Gasteiger partial charge in [0.1, 0.15) is 0 Å². The number of carbonyl (C=O) groups is 3. The standard InChI is InChI=1S/C17H15ClN2O3/c1-3-6-14(21)19(2)20-16(22)12-9-13(18)10-7-4-5-8-11(10)15(12)17(20)23/h4-5,7-9H,3,6H2,1-2H3. The minimum absolute atomic E-state index is 0.231. The van der Waals surface area contributed by atoms with Crippen LogP contribution >= 0.6 is 11.6 Å². The fourth-order valence-electron chi connectivity index (χ4n) is 2.80. The zero-order valence-electron chi connectivity index (χ0n) is 12.8. The number of hydrogen-bond donors (Lipinski definition) is 0. The molecule has 3 amide bonds. The van der Waals surface area contributed by atoms with Crippen molar-refractivity contribution in [2.45, 2.75) is 19.8 Å². The zero-order chi connectivity index (χ0) is 16.7. The molecule has 0 radical (unpaired) electrons. The second-order valence-corrected chi connectivity index (χ2v) is 5.82. The van der Waals surface area contributed by atoms with Crippen LogP contribution in [0.1, 0.15) is 40.5 Å². The molecule has 0 N–H and O–H groups in total. The van der Waals surface area contributed by atoms with Gasteiger partial charge in [0.2, 0.25) is 5.91 Å². The molecule has 5 nitrogen and oxygen atoms in total. The Morgan fingerprint density at radius 1 is 1.17 bits per heavy atom. The Kier molecular flexibility index (Phi) is 3.82. The van der Waals surface area contributed by atoms with Crippen molar-refractivity contribution in [3.8, 4) is 0 Å². The van der Waals surface area contributed by atoms with E-state index in [2.05, 4.69) is 0 Å². The predicted molar refractivity (Wildman–Crippen MR) is 87.1 cm³/mol. The van der Waals surface area contributed by atoms with Crippen LogP contribution < -0.4 is 0 Å². The van der Waals surface area contributed by atoms with Crippen molar-refractivity contribution in [3.63, 3.8) is 0 Å². The van der Waals surface area contributed by atoms with Crippen LogP contribution in [0.2, 0.25) is 5.02 Å². The van der Waals surface area contributed by atoms with Gasteiger partial charge in [0, 0.05) is 23.9 Å². The molecular weight excluding hydrogens is 316 g/mol. The number of imide groups is 1. The van der Waals surface area contributed by atoms with E-state index in [0.717, 1.165) is 10.0 Å². The second kappa shape index (κ2) is 5.66. The van der Waals surface area contributed by atoms with E-state index in [0.29, 0.717) is 27.8 Å². The van der Waals surface area contributed by atoms with Crippen LogP contribution in [-0.4, -0.2) is 34.8 Å². The second-order valence-electron chi connectivity index (χ2n) is 5.42. The molecule has 1 heterocycles. The monoisotopic (exact) mass is 330 g/mol. The molecule has 3 rings (SSSR count). The number of nitrogens with zero attached hydrogens (tertiary/aromatic N) is 2. The summed E-state index contributed by atoms with van der Waals surface area (Å²) in [5, 5.41) is 3.72. The van der Waals surface area contributed by atoms with Crippen LogP contribution in [0.5, 0.6) is 0 Å². The van der Waals surface area contributed by atoms with E-state index in [1.165, 1.54) is 13.1 Å². The Morgan fingerprint density at radius 3 is 2.48 bits per heavy atom. The Labute approximate surface area is 138 Å². The van der Waals surface area contributed by atoms with Crippen LogP contribution in [0, 0.1) is 0 Å². The van der Waals surface area contributed by atoms with Gasteiger partial charge in [-0.25, -0.2) is 5.01 Å². The molecule has 118 valence electrons. The molecule has 0 atom stereocenters. The quantitative estimate of drug-likeness (QED) is 0.812. The first-order valence-corrected chi connectivity index (χ1v) is 7.71. The molecule has 0 bridgehead atoms. The van der Waals surface area contributed by atoms with Gasteiger partial charge in [0.05, 0.1) is 11.1 Å². The van der Waals surface area contributed by atoms with Gasteiger partial charge in [-0.15, -0.1) is 0 Å². The lowest BCUT2D eigenvalue weighted by molar-refractivity contribution is -0.139. The van der Waals surface area contributed by atoms with Crippen molar-refractivity contribution in [1.82, 2.24) is 10.0 Å². The van der Waals surface area contributed by atoms with Gasteiger partial charge in [-0.2, -0.15) is 5.01 Å². The number of benzene rings is 2. The minimum atomic E-state index is -0.524. The van der Waals surface area contributed by atoms with E-state index in [9.17, 15) is 14.4 Å². The summed E-state index contributed by atoms with van der Waals surface area (Å²) in [5.74, 6) is -1.30. The van der Waals surface area contributed by atoms with Gasteiger partial charge in [-0.05, 0) is 17.9 Å². The largest absolute Gasteiger partial charge is 0.281 e. The average Bonchev–Trinajstić information content (AvgIpc) is 2.78. The summed E-state index contributed by atoms with van der Waals surface area (Å²) in [5.41, 5.74) is 0.529. The molecule has 1 aliphatic rings. The summed E-state index contributed by atoms with van der Waals surface area (Å²) < 4.78 is 0. The van der Waals surface area contributed by atoms with E-state index < -0.39 is 11.8 Å². The zero-order valence-corrected chi connectivity index (χ0v) is 13.6. The highest BCUT2D eigenvalue weighted by Crippen LogP contribution is 2.35. The molecule has 2 aromatic rings. The highest BCUT2D eigenvalue weighted by molar-refractivity contribution is 6.38. The number of hydrazine groups is 1. The van der Waals surface area contributed by atoms with Crippen molar-refractivity contribution in [2.24, 2.45) is 0 Å². The van der Waals surface area contributed by atoms with Crippen LogP contribution in [0.15, 0.2) is 30.3 Å². The molecular formula is C17H15ClN2O3. The third kappa shape index (κ3) is 2.28. The minimum Gasteiger partial charge on any atom is -0.273 e. The molecule has 0 unspecified atom stereocenters. The van der Waals surface area contributed by atoms with Crippen LogP contribution in [0.4, 0.5) is 0 Å². The number of carbonyl (C=O) groups excluding carboxylic acids is 3. The molecule has 0 aliphatic carbocycles. The first-order valence-electron chi connectivity index (χ1n) is 7.33. The molecule has 1 aliphatic heterocycles. The van der Waals surface area contributed by atoms with E-state index in [1.54, 1.807) is 18.2 Å². The Hall–Kier alpha value is -2.40. The topological polar surface area (TPSA) is 57.7 Å². The maximum atomic E-state index is 12.8. The average molecular weight is 331 g/mol. The van der Waals surface area contributed by atoms with Crippen LogP contribution in [-0.2, 0) is 4.79 Å². The van der Waals surface area contributed by atoms with Gasteiger partial charge in [-0.3, -0.25) is 14.4 Å². The molecule has 0 fully saturated rings. The molecule has 0 saturated heterocycles. The van der Waals surface area contributed by atoms with Crippen molar-refractivity contribution >= 4 is 40.1 Å². The fourth-order valence-corrected chi connectivity index (χ4v) is 3.08. The van der Waals surface area contributed by atoms with Crippen molar-refractivity contribution in [2.75, 3.05) is 7.05 Å². The summed E-state index contributed by atoms with van der Waals surface area (Å²) in [7, 11) is 1.43. The summed E-state index contributed by atoms with van der Waals surface area (Å²) in [4.78, 5) is 37.4. The molecule has 0 aromatic heterocycles. The van der Waals surface area contributed by atoms with Gasteiger partial charge in [-0.1, -0.05) is 42.8 Å². The maximum Gasteiger partial charge on any atom is 0.281 e. The smallest absolute Gasteiger partial charge is 0.273 e. The Morgan fingerprint density at radius 2 is 1.83 bits per heavy atom. The van der Waals surface area contributed by atoms with Gasteiger partial charge in [0.25, 0.3) is 11.8 Å². The first kappa shape index (κ1) is 15.5. The fraction of sp³-hybridized carbons (Fsp3) is 0.235. The molecule has 23 heavy (non-hydrogen) atoms. The van der Waals surface area contributed by atoms with Crippen LogP contribution in [0.25, 0.3) is 10.8 Å². The lowest BCUT2D eigenvalue weighted by Gasteiger charge is -2.25. The number of amides is 3. The summed E-state index contributed by atoms with van der Waals surface area (Å²) in [6, 6.07) is 8.65. The van der Waals surface area contributed by atoms with Crippen molar-refractivity contribution in [3.05, 3.63) is 46.5 Å². The molecule has 2 aromatic carbocycles. The molecule has 0 spiro atoms. The third-order valence-electron chi connectivity index (χ3n) is 3.95. The number of hydrogen-bond acceptors (Lipinski definition) is 3. The normalized spacial score (nSPS) is 13.6. The van der Waals surface area contributed by atoms with Gasteiger partial charge in [0.15, 0.2) is 0 Å². The van der Waals surface area contributed by atoms with Gasteiger partial charge < -0.3 is 0 Å². The van der Waals surface area contributed by atoms with E-state index >= 15 is 0 Å². The van der Waals surface area contributed by atoms with Crippen molar-refractivity contribution in [1.29, 1.82) is 0 Å². The molecule has 0 saturated carbocycles. The third-order valence-corrected chi connectivity index (χ3v) is 4.26. The number of rotatable bonds is 3.